The Morgan fingerprint density at radius 2 is 1.88 bits per heavy atom. The van der Waals surface area contributed by atoms with E-state index in [9.17, 15) is 14.7 Å². The van der Waals surface area contributed by atoms with Crippen LogP contribution in [0.5, 0.6) is 5.75 Å². The van der Waals surface area contributed by atoms with E-state index in [4.69, 9.17) is 10.5 Å². The molecule has 1 aromatic carbocycles. The number of rotatable bonds is 4. The van der Waals surface area contributed by atoms with Crippen molar-refractivity contribution in [2.24, 2.45) is 11.1 Å². The van der Waals surface area contributed by atoms with Crippen molar-refractivity contribution >= 4 is 27.9 Å². The summed E-state index contributed by atoms with van der Waals surface area (Å²) >= 11 is 3.39. The van der Waals surface area contributed by atoms with Crippen molar-refractivity contribution in [1.82, 2.24) is 4.90 Å². The van der Waals surface area contributed by atoms with E-state index >= 15 is 0 Å². The molecule has 26 heavy (non-hydrogen) atoms. The largest absolute Gasteiger partial charge is 0.490 e. The number of primary amides is 1. The van der Waals surface area contributed by atoms with Crippen molar-refractivity contribution in [1.29, 1.82) is 0 Å². The van der Waals surface area contributed by atoms with Gasteiger partial charge in [-0.15, -0.1) is 0 Å². The van der Waals surface area contributed by atoms with Crippen LogP contribution in [0.3, 0.4) is 0 Å². The number of carboxylic acid groups (broad SMARTS) is 1. The first kappa shape index (κ1) is 19.0. The SMILES string of the molecule is CC(C)(C)N(C(=O)O)C1CC2(CC(Oc3cc(Br)ccc3C(N)=O)C2)C1. The van der Waals surface area contributed by atoms with Crippen molar-refractivity contribution in [3.05, 3.63) is 28.2 Å². The lowest BCUT2D eigenvalue weighted by molar-refractivity contribution is -0.120. The fraction of sp³-hybridized carbons (Fsp3) is 0.579. The smallest absolute Gasteiger partial charge is 0.407 e. The van der Waals surface area contributed by atoms with Crippen LogP contribution in [0, 0.1) is 5.41 Å². The molecule has 0 radical (unpaired) electrons. The van der Waals surface area contributed by atoms with Gasteiger partial charge in [0.25, 0.3) is 5.91 Å². The summed E-state index contributed by atoms with van der Waals surface area (Å²) < 4.78 is 6.84. The highest BCUT2D eigenvalue weighted by molar-refractivity contribution is 9.10. The number of ether oxygens (including phenoxy) is 1. The molecule has 1 aromatic rings. The average Bonchev–Trinajstić information content (AvgIpc) is 2.40. The Labute approximate surface area is 161 Å². The third-order valence-electron chi connectivity index (χ3n) is 5.46. The van der Waals surface area contributed by atoms with Crippen LogP contribution in [0.4, 0.5) is 4.79 Å². The first-order chi connectivity index (χ1) is 12.0. The molecule has 0 bridgehead atoms. The fourth-order valence-corrected chi connectivity index (χ4v) is 4.75. The van der Waals surface area contributed by atoms with Gasteiger partial charge in [-0.2, -0.15) is 0 Å². The Morgan fingerprint density at radius 3 is 2.38 bits per heavy atom. The number of nitrogens with two attached hydrogens (primary N) is 1. The van der Waals surface area contributed by atoms with E-state index in [1.807, 2.05) is 20.8 Å². The molecule has 2 aliphatic rings. The quantitative estimate of drug-likeness (QED) is 0.762. The summed E-state index contributed by atoms with van der Waals surface area (Å²) in [5.74, 6) is -0.00280. The highest BCUT2D eigenvalue weighted by atomic mass is 79.9. The molecule has 0 saturated heterocycles. The Balaban J connectivity index is 1.59. The van der Waals surface area contributed by atoms with Crippen molar-refractivity contribution in [3.63, 3.8) is 0 Å². The van der Waals surface area contributed by atoms with Gasteiger partial charge in [-0.05, 0) is 70.1 Å². The Kier molecular flexibility index (Phi) is 4.71. The number of nitrogens with zero attached hydrogens (tertiary/aromatic N) is 1. The van der Waals surface area contributed by atoms with E-state index in [-0.39, 0.29) is 17.6 Å². The predicted molar refractivity (Wildman–Crippen MR) is 101 cm³/mol. The van der Waals surface area contributed by atoms with Gasteiger partial charge >= 0.3 is 6.09 Å². The molecule has 0 aliphatic heterocycles. The molecular weight excluding hydrogens is 400 g/mol. The molecule has 3 N–H and O–H groups in total. The molecule has 0 unspecified atom stereocenters. The maximum atomic E-state index is 11.6. The molecule has 0 heterocycles. The van der Waals surface area contributed by atoms with Crippen LogP contribution in [0.25, 0.3) is 0 Å². The average molecular weight is 425 g/mol. The maximum Gasteiger partial charge on any atom is 0.407 e. The standard InChI is InChI=1S/C19H25BrN2O4/c1-18(2,3)22(17(24)25)12-7-19(8-12)9-13(10-19)26-15-6-11(20)4-5-14(15)16(21)23/h4-6,12-13H,7-10H2,1-3H3,(H2,21,23)(H,24,25). The third kappa shape index (κ3) is 3.54. The van der Waals surface area contributed by atoms with Gasteiger partial charge in [0.05, 0.1) is 11.7 Å². The Bertz CT molecular complexity index is 730. The van der Waals surface area contributed by atoms with E-state index in [0.29, 0.717) is 11.3 Å². The van der Waals surface area contributed by atoms with Gasteiger partial charge in [0.15, 0.2) is 0 Å². The van der Waals surface area contributed by atoms with Crippen LogP contribution < -0.4 is 10.5 Å². The van der Waals surface area contributed by atoms with E-state index in [0.717, 1.165) is 30.2 Å². The van der Waals surface area contributed by atoms with Crippen LogP contribution in [0.1, 0.15) is 56.8 Å². The minimum atomic E-state index is -0.857. The van der Waals surface area contributed by atoms with Crippen LogP contribution in [-0.4, -0.2) is 39.7 Å². The van der Waals surface area contributed by atoms with Gasteiger partial charge in [0, 0.05) is 16.1 Å². The molecule has 2 amide bonds. The summed E-state index contributed by atoms with van der Waals surface area (Å²) in [7, 11) is 0. The summed E-state index contributed by atoms with van der Waals surface area (Å²) in [4.78, 5) is 24.7. The Morgan fingerprint density at radius 1 is 1.27 bits per heavy atom. The zero-order valence-electron chi connectivity index (χ0n) is 15.3. The number of halogens is 1. The number of amides is 2. The molecule has 2 aliphatic carbocycles. The molecule has 142 valence electrons. The molecule has 0 atom stereocenters. The minimum Gasteiger partial charge on any atom is -0.490 e. The van der Waals surface area contributed by atoms with Gasteiger partial charge in [0.2, 0.25) is 0 Å². The van der Waals surface area contributed by atoms with Crippen LogP contribution in [-0.2, 0) is 0 Å². The first-order valence-electron chi connectivity index (χ1n) is 8.79. The monoisotopic (exact) mass is 424 g/mol. The number of hydrogen-bond donors (Lipinski definition) is 2. The summed E-state index contributed by atoms with van der Waals surface area (Å²) in [6.07, 6.45) is 2.69. The number of carbonyl (C=O) groups is 2. The lowest BCUT2D eigenvalue weighted by atomic mass is 9.52. The van der Waals surface area contributed by atoms with E-state index in [2.05, 4.69) is 15.9 Å². The highest BCUT2D eigenvalue weighted by Crippen LogP contribution is 2.58. The number of hydrogen-bond acceptors (Lipinski definition) is 3. The molecule has 7 heteroatoms. The summed E-state index contributed by atoms with van der Waals surface area (Å²) in [6, 6.07) is 5.25. The van der Waals surface area contributed by atoms with Crippen molar-refractivity contribution < 1.29 is 19.4 Å². The lowest BCUT2D eigenvalue weighted by Crippen LogP contribution is -2.63. The van der Waals surface area contributed by atoms with Gasteiger partial charge in [0.1, 0.15) is 5.75 Å². The summed E-state index contributed by atoms with van der Waals surface area (Å²) in [5.41, 5.74) is 5.57. The topological polar surface area (TPSA) is 92.9 Å². The molecular formula is C19H25BrN2O4. The highest BCUT2D eigenvalue weighted by Gasteiger charge is 2.57. The molecule has 2 saturated carbocycles. The Hall–Kier alpha value is -1.76. The second-order valence-corrected chi connectivity index (χ2v) is 9.45. The van der Waals surface area contributed by atoms with E-state index in [1.54, 1.807) is 23.1 Å². The van der Waals surface area contributed by atoms with Crippen LogP contribution >= 0.6 is 15.9 Å². The minimum absolute atomic E-state index is 0.0382. The first-order valence-corrected chi connectivity index (χ1v) is 9.58. The van der Waals surface area contributed by atoms with Crippen LogP contribution in [0.2, 0.25) is 0 Å². The van der Waals surface area contributed by atoms with Gasteiger partial charge in [-0.25, -0.2) is 4.79 Å². The lowest BCUT2D eigenvalue weighted by Gasteiger charge is -2.60. The van der Waals surface area contributed by atoms with Gasteiger partial charge in [-0.3, -0.25) is 4.79 Å². The molecule has 6 nitrogen and oxygen atoms in total. The zero-order valence-corrected chi connectivity index (χ0v) is 16.9. The van der Waals surface area contributed by atoms with E-state index in [1.165, 1.54) is 0 Å². The van der Waals surface area contributed by atoms with Crippen LogP contribution in [0.15, 0.2) is 22.7 Å². The second-order valence-electron chi connectivity index (χ2n) is 8.54. The third-order valence-corrected chi connectivity index (χ3v) is 5.95. The zero-order chi connectivity index (χ0) is 19.3. The maximum absolute atomic E-state index is 11.6. The summed E-state index contributed by atoms with van der Waals surface area (Å²) in [5, 5.41) is 9.51. The second kappa shape index (κ2) is 6.44. The van der Waals surface area contributed by atoms with Crippen molar-refractivity contribution in [3.8, 4) is 5.75 Å². The van der Waals surface area contributed by atoms with E-state index < -0.39 is 17.5 Å². The fourth-order valence-electron chi connectivity index (χ4n) is 4.41. The number of carbonyl (C=O) groups excluding carboxylic acids is 1. The molecule has 2 fully saturated rings. The van der Waals surface area contributed by atoms with Crippen molar-refractivity contribution in [2.75, 3.05) is 0 Å². The van der Waals surface area contributed by atoms with Gasteiger partial charge < -0.3 is 20.5 Å². The molecule has 3 rings (SSSR count). The molecule has 1 spiro atoms. The predicted octanol–water partition coefficient (Wildman–Crippen LogP) is 4.02. The molecule has 0 aromatic heterocycles. The van der Waals surface area contributed by atoms with Crippen molar-refractivity contribution in [2.45, 2.75) is 64.1 Å². The van der Waals surface area contributed by atoms with Gasteiger partial charge in [-0.1, -0.05) is 15.9 Å². The summed E-state index contributed by atoms with van der Waals surface area (Å²) in [6.45, 7) is 5.78. The normalized spacial score (nSPS) is 27.4. The number of benzene rings is 1.